The van der Waals surface area contributed by atoms with Gasteiger partial charge in [0.2, 0.25) is 5.91 Å². The van der Waals surface area contributed by atoms with Gasteiger partial charge < -0.3 is 15.1 Å². The van der Waals surface area contributed by atoms with Crippen LogP contribution in [-0.2, 0) is 11.2 Å². The molecule has 0 aliphatic heterocycles. The van der Waals surface area contributed by atoms with Crippen LogP contribution in [0.15, 0.2) is 71.5 Å². The lowest BCUT2D eigenvalue weighted by Gasteiger charge is -2.12. The molecular formula is C23H20N4O3. The Morgan fingerprint density at radius 1 is 1.03 bits per heavy atom. The summed E-state index contributed by atoms with van der Waals surface area (Å²) in [7, 11) is 0. The van der Waals surface area contributed by atoms with Gasteiger partial charge in [0.1, 0.15) is 0 Å². The Kier molecular flexibility index (Phi) is 5.52. The quantitative estimate of drug-likeness (QED) is 0.513. The lowest BCUT2D eigenvalue weighted by atomic mass is 10.0. The molecule has 7 heteroatoms. The summed E-state index contributed by atoms with van der Waals surface area (Å²) in [6.45, 7) is 1.85. The van der Waals surface area contributed by atoms with E-state index in [1.165, 1.54) is 12.3 Å². The van der Waals surface area contributed by atoms with E-state index >= 15 is 0 Å². The number of carbonyl (C=O) groups is 2. The molecule has 7 nitrogen and oxygen atoms in total. The van der Waals surface area contributed by atoms with Gasteiger partial charge in [-0.3, -0.25) is 14.6 Å². The first-order valence-electron chi connectivity index (χ1n) is 9.60. The van der Waals surface area contributed by atoms with E-state index in [9.17, 15) is 9.59 Å². The molecule has 0 aliphatic rings. The van der Waals surface area contributed by atoms with Gasteiger partial charge in [-0.1, -0.05) is 31.2 Å². The molecule has 0 fully saturated rings. The van der Waals surface area contributed by atoms with Gasteiger partial charge in [0.25, 0.3) is 5.91 Å². The van der Waals surface area contributed by atoms with E-state index in [1.54, 1.807) is 12.3 Å². The van der Waals surface area contributed by atoms with Crippen molar-refractivity contribution in [1.82, 2.24) is 15.3 Å². The Balaban J connectivity index is 1.52. The minimum Gasteiger partial charge on any atom is -0.459 e. The third-order valence-corrected chi connectivity index (χ3v) is 4.66. The van der Waals surface area contributed by atoms with Crippen LogP contribution in [0.3, 0.4) is 0 Å². The molecule has 0 radical (unpaired) electrons. The minimum absolute atomic E-state index is 0.161. The fourth-order valence-electron chi connectivity index (χ4n) is 3.11. The zero-order valence-corrected chi connectivity index (χ0v) is 16.4. The highest BCUT2D eigenvalue weighted by molar-refractivity contribution is 5.98. The van der Waals surface area contributed by atoms with Crippen LogP contribution in [-0.4, -0.2) is 28.3 Å². The van der Waals surface area contributed by atoms with E-state index in [4.69, 9.17) is 4.42 Å². The Bertz CT molecular complexity index is 1200. The molecule has 30 heavy (non-hydrogen) atoms. The van der Waals surface area contributed by atoms with Crippen LogP contribution >= 0.6 is 0 Å². The lowest BCUT2D eigenvalue weighted by Crippen LogP contribution is -2.32. The van der Waals surface area contributed by atoms with E-state index < -0.39 is 5.91 Å². The molecule has 0 saturated carbocycles. The van der Waals surface area contributed by atoms with Crippen LogP contribution < -0.4 is 10.6 Å². The molecule has 2 amide bonds. The molecule has 150 valence electrons. The highest BCUT2D eigenvalue weighted by Crippen LogP contribution is 2.26. The second-order valence-corrected chi connectivity index (χ2v) is 6.68. The molecule has 2 N–H and O–H groups in total. The predicted molar refractivity (Wildman–Crippen MR) is 114 cm³/mol. The largest absolute Gasteiger partial charge is 0.459 e. The van der Waals surface area contributed by atoms with Gasteiger partial charge in [-0.05, 0) is 42.3 Å². The third kappa shape index (κ3) is 4.20. The number of aryl methyl sites for hydroxylation is 1. The van der Waals surface area contributed by atoms with Crippen LogP contribution in [0.5, 0.6) is 0 Å². The Morgan fingerprint density at radius 3 is 2.63 bits per heavy atom. The summed E-state index contributed by atoms with van der Waals surface area (Å²) >= 11 is 0. The molecule has 0 atom stereocenters. The number of hydrogen-bond acceptors (Lipinski definition) is 5. The van der Waals surface area contributed by atoms with E-state index in [2.05, 4.69) is 20.6 Å². The molecule has 0 unspecified atom stereocenters. The van der Waals surface area contributed by atoms with Gasteiger partial charge in [0.05, 0.1) is 35.7 Å². The summed E-state index contributed by atoms with van der Waals surface area (Å²) in [5.74, 6) is -0.605. The van der Waals surface area contributed by atoms with Crippen molar-refractivity contribution in [3.05, 3.63) is 78.4 Å². The minimum atomic E-state index is -0.439. The Labute approximate surface area is 173 Å². The highest BCUT2D eigenvalue weighted by atomic mass is 16.3. The summed E-state index contributed by atoms with van der Waals surface area (Å²) in [6, 6.07) is 16.6. The first-order chi connectivity index (χ1) is 14.6. The summed E-state index contributed by atoms with van der Waals surface area (Å²) in [6.07, 6.45) is 3.88. The van der Waals surface area contributed by atoms with Crippen molar-refractivity contribution in [2.24, 2.45) is 0 Å². The highest BCUT2D eigenvalue weighted by Gasteiger charge is 2.13. The molecular weight excluding hydrogens is 380 g/mol. The number of furan rings is 1. The number of benzene rings is 2. The molecule has 0 spiro atoms. The number of fused-ring (bicyclic) bond motifs is 1. The SMILES string of the molecule is CCc1ccc(-c2cnc3ccccc3n2)cc1NC(=O)CNC(=O)c1ccco1. The van der Waals surface area contributed by atoms with E-state index in [0.717, 1.165) is 34.3 Å². The van der Waals surface area contributed by atoms with Crippen LogP contribution in [0.1, 0.15) is 23.0 Å². The molecule has 4 aromatic rings. The average molecular weight is 400 g/mol. The van der Waals surface area contributed by atoms with Crippen molar-refractivity contribution in [3.63, 3.8) is 0 Å². The van der Waals surface area contributed by atoms with Gasteiger partial charge in [0.15, 0.2) is 5.76 Å². The zero-order valence-electron chi connectivity index (χ0n) is 16.4. The van der Waals surface area contributed by atoms with Crippen molar-refractivity contribution >= 4 is 28.5 Å². The number of para-hydroxylation sites is 2. The monoisotopic (exact) mass is 400 g/mol. The van der Waals surface area contributed by atoms with E-state index in [0.29, 0.717) is 5.69 Å². The molecule has 2 heterocycles. The maximum Gasteiger partial charge on any atom is 0.287 e. The molecule has 0 saturated heterocycles. The van der Waals surface area contributed by atoms with Gasteiger partial charge in [0, 0.05) is 11.3 Å². The summed E-state index contributed by atoms with van der Waals surface area (Å²) < 4.78 is 5.02. The summed E-state index contributed by atoms with van der Waals surface area (Å²) in [4.78, 5) is 33.4. The predicted octanol–water partition coefficient (Wildman–Crippen LogP) is 3.82. The standard InChI is InChI=1S/C23H20N4O3/c1-2-15-9-10-16(20-13-24-17-6-3-4-7-18(17)26-20)12-19(15)27-22(28)14-25-23(29)21-8-5-11-30-21/h3-13H,2,14H2,1H3,(H,25,29)(H,27,28). The van der Waals surface area contributed by atoms with Gasteiger partial charge in [-0.25, -0.2) is 4.98 Å². The normalized spacial score (nSPS) is 10.7. The molecule has 4 rings (SSSR count). The third-order valence-electron chi connectivity index (χ3n) is 4.66. The van der Waals surface area contributed by atoms with Crippen molar-refractivity contribution in [2.75, 3.05) is 11.9 Å². The fraction of sp³-hybridized carbons (Fsp3) is 0.130. The Hall–Kier alpha value is -4.00. The second kappa shape index (κ2) is 8.57. The van der Waals surface area contributed by atoms with Gasteiger partial charge >= 0.3 is 0 Å². The van der Waals surface area contributed by atoms with Crippen molar-refractivity contribution in [3.8, 4) is 11.3 Å². The number of carbonyl (C=O) groups excluding carboxylic acids is 2. The van der Waals surface area contributed by atoms with Crippen LogP contribution in [0, 0.1) is 0 Å². The smallest absolute Gasteiger partial charge is 0.287 e. The average Bonchev–Trinajstić information content (AvgIpc) is 3.32. The number of amides is 2. The maximum absolute atomic E-state index is 12.4. The maximum atomic E-state index is 12.4. The number of hydrogen-bond donors (Lipinski definition) is 2. The number of anilines is 1. The zero-order chi connectivity index (χ0) is 20.9. The molecule has 2 aromatic carbocycles. The molecule has 0 aliphatic carbocycles. The van der Waals surface area contributed by atoms with E-state index in [1.807, 2.05) is 49.4 Å². The van der Waals surface area contributed by atoms with Crippen LogP contribution in [0.2, 0.25) is 0 Å². The van der Waals surface area contributed by atoms with Gasteiger partial charge in [-0.15, -0.1) is 0 Å². The number of aromatic nitrogens is 2. The number of rotatable bonds is 6. The first-order valence-corrected chi connectivity index (χ1v) is 9.60. The molecule has 2 aromatic heterocycles. The van der Waals surface area contributed by atoms with Crippen molar-refractivity contribution in [2.45, 2.75) is 13.3 Å². The van der Waals surface area contributed by atoms with Crippen molar-refractivity contribution < 1.29 is 14.0 Å². The van der Waals surface area contributed by atoms with Crippen LogP contribution in [0.4, 0.5) is 5.69 Å². The van der Waals surface area contributed by atoms with Gasteiger partial charge in [-0.2, -0.15) is 0 Å². The summed E-state index contributed by atoms with van der Waals surface area (Å²) in [5.41, 5.74) is 4.87. The number of nitrogens with one attached hydrogen (secondary N) is 2. The molecule has 0 bridgehead atoms. The second-order valence-electron chi connectivity index (χ2n) is 6.68. The van der Waals surface area contributed by atoms with E-state index in [-0.39, 0.29) is 18.2 Å². The Morgan fingerprint density at radius 2 is 1.87 bits per heavy atom. The van der Waals surface area contributed by atoms with Crippen molar-refractivity contribution in [1.29, 1.82) is 0 Å². The summed E-state index contributed by atoms with van der Waals surface area (Å²) in [5, 5.41) is 5.42. The fourth-order valence-corrected chi connectivity index (χ4v) is 3.11. The van der Waals surface area contributed by atoms with Crippen LogP contribution in [0.25, 0.3) is 22.3 Å². The lowest BCUT2D eigenvalue weighted by molar-refractivity contribution is -0.115. The number of nitrogens with zero attached hydrogens (tertiary/aromatic N) is 2. The first kappa shape index (κ1) is 19.3. The topological polar surface area (TPSA) is 97.1 Å².